The van der Waals surface area contributed by atoms with Gasteiger partial charge in [0.15, 0.2) is 11.6 Å². The standard InChI is InChI=1S/C20H16O6/c1-10-4-6-14-16(8-10)19(24)17-9-13(5-7-15(17)18(14)23)20(25-11(2)21)26-12(3)22/h4-9,20H,1-3H3. The summed E-state index contributed by atoms with van der Waals surface area (Å²) in [5.74, 6) is -1.84. The number of aryl methyl sites for hydroxylation is 1. The molecule has 132 valence electrons. The lowest BCUT2D eigenvalue weighted by Crippen LogP contribution is -2.22. The van der Waals surface area contributed by atoms with Crippen LogP contribution in [0.5, 0.6) is 0 Å². The van der Waals surface area contributed by atoms with Crippen LogP contribution in [0.25, 0.3) is 0 Å². The monoisotopic (exact) mass is 352 g/mol. The number of carbonyl (C=O) groups is 4. The maximum atomic E-state index is 12.9. The minimum atomic E-state index is -1.28. The molecular formula is C20H16O6. The van der Waals surface area contributed by atoms with E-state index >= 15 is 0 Å². The van der Waals surface area contributed by atoms with Crippen molar-refractivity contribution in [1.82, 2.24) is 0 Å². The number of carbonyl (C=O) groups excluding carboxylic acids is 4. The topological polar surface area (TPSA) is 86.7 Å². The molecule has 2 aromatic carbocycles. The molecular weight excluding hydrogens is 336 g/mol. The number of hydrogen-bond acceptors (Lipinski definition) is 6. The van der Waals surface area contributed by atoms with E-state index in [0.29, 0.717) is 16.7 Å². The Labute approximate surface area is 149 Å². The first-order chi connectivity index (χ1) is 12.3. The molecule has 0 spiro atoms. The molecule has 0 fully saturated rings. The Hall–Kier alpha value is -3.28. The normalized spacial score (nSPS) is 12.5. The maximum absolute atomic E-state index is 12.9. The molecule has 0 bridgehead atoms. The number of esters is 2. The zero-order valence-corrected chi connectivity index (χ0v) is 14.5. The Morgan fingerprint density at radius 3 is 1.85 bits per heavy atom. The SMILES string of the molecule is CC(=O)OC(OC(C)=O)c1ccc2c(c1)C(=O)c1cc(C)ccc1C2=O. The summed E-state index contributed by atoms with van der Waals surface area (Å²) in [4.78, 5) is 48.1. The fourth-order valence-electron chi connectivity index (χ4n) is 2.89. The molecule has 0 aliphatic heterocycles. The molecule has 0 heterocycles. The molecule has 0 N–H and O–H groups in total. The summed E-state index contributed by atoms with van der Waals surface area (Å²) in [6.45, 7) is 4.20. The first kappa shape index (κ1) is 17.5. The van der Waals surface area contributed by atoms with Crippen molar-refractivity contribution >= 4 is 23.5 Å². The Morgan fingerprint density at radius 1 is 0.769 bits per heavy atom. The predicted octanol–water partition coefficient (Wildman–Crippen LogP) is 2.90. The van der Waals surface area contributed by atoms with E-state index in [1.807, 2.05) is 6.92 Å². The zero-order valence-electron chi connectivity index (χ0n) is 14.5. The van der Waals surface area contributed by atoms with Gasteiger partial charge >= 0.3 is 11.9 Å². The Morgan fingerprint density at radius 2 is 1.27 bits per heavy atom. The number of ketones is 2. The summed E-state index contributed by atoms with van der Waals surface area (Å²) in [5.41, 5.74) is 2.30. The van der Waals surface area contributed by atoms with Crippen LogP contribution in [0.4, 0.5) is 0 Å². The van der Waals surface area contributed by atoms with E-state index in [9.17, 15) is 19.2 Å². The predicted molar refractivity (Wildman–Crippen MR) is 90.8 cm³/mol. The smallest absolute Gasteiger partial charge is 0.305 e. The molecule has 3 rings (SSSR count). The third-order valence-electron chi connectivity index (χ3n) is 4.02. The van der Waals surface area contributed by atoms with E-state index < -0.39 is 18.2 Å². The zero-order chi connectivity index (χ0) is 19.0. The van der Waals surface area contributed by atoms with E-state index in [0.717, 1.165) is 5.56 Å². The molecule has 0 unspecified atom stereocenters. The molecule has 2 aromatic rings. The Kier molecular flexibility index (Phi) is 4.42. The van der Waals surface area contributed by atoms with Crippen molar-refractivity contribution in [2.45, 2.75) is 27.1 Å². The van der Waals surface area contributed by atoms with Gasteiger partial charge in [-0.1, -0.05) is 23.8 Å². The third kappa shape index (κ3) is 3.13. The lowest BCUT2D eigenvalue weighted by Gasteiger charge is -2.21. The lowest BCUT2D eigenvalue weighted by molar-refractivity contribution is -0.186. The number of rotatable bonds is 3. The molecule has 0 saturated heterocycles. The number of ether oxygens (including phenoxy) is 2. The second-order valence-electron chi connectivity index (χ2n) is 6.06. The van der Waals surface area contributed by atoms with E-state index in [1.54, 1.807) is 18.2 Å². The van der Waals surface area contributed by atoms with Crippen LogP contribution in [0.15, 0.2) is 36.4 Å². The van der Waals surface area contributed by atoms with Crippen LogP contribution >= 0.6 is 0 Å². The molecule has 0 radical (unpaired) electrons. The minimum absolute atomic E-state index is 0.190. The highest BCUT2D eigenvalue weighted by Crippen LogP contribution is 2.31. The van der Waals surface area contributed by atoms with Gasteiger partial charge in [-0.3, -0.25) is 19.2 Å². The summed E-state index contributed by atoms with van der Waals surface area (Å²) in [7, 11) is 0. The molecule has 26 heavy (non-hydrogen) atoms. The van der Waals surface area contributed by atoms with Crippen LogP contribution in [-0.4, -0.2) is 23.5 Å². The van der Waals surface area contributed by atoms with Crippen LogP contribution in [0.2, 0.25) is 0 Å². The Balaban J connectivity index is 2.08. The van der Waals surface area contributed by atoms with Crippen LogP contribution in [0, 0.1) is 6.92 Å². The highest BCUT2D eigenvalue weighted by atomic mass is 16.7. The molecule has 0 amide bonds. The van der Waals surface area contributed by atoms with Gasteiger partial charge in [0.25, 0.3) is 6.29 Å². The highest BCUT2D eigenvalue weighted by molar-refractivity contribution is 6.28. The number of fused-ring (bicyclic) bond motifs is 2. The van der Waals surface area contributed by atoms with Crippen molar-refractivity contribution < 1.29 is 28.7 Å². The molecule has 0 aromatic heterocycles. The second-order valence-corrected chi connectivity index (χ2v) is 6.06. The van der Waals surface area contributed by atoms with Crippen molar-refractivity contribution in [3.8, 4) is 0 Å². The van der Waals surface area contributed by atoms with Crippen molar-refractivity contribution in [2.75, 3.05) is 0 Å². The third-order valence-corrected chi connectivity index (χ3v) is 4.02. The first-order valence-corrected chi connectivity index (χ1v) is 7.96. The fourth-order valence-corrected chi connectivity index (χ4v) is 2.89. The van der Waals surface area contributed by atoms with Crippen LogP contribution in [0.1, 0.15) is 63.1 Å². The van der Waals surface area contributed by atoms with Crippen molar-refractivity contribution in [3.05, 3.63) is 69.8 Å². The van der Waals surface area contributed by atoms with Gasteiger partial charge in [-0.15, -0.1) is 0 Å². The molecule has 1 aliphatic rings. The van der Waals surface area contributed by atoms with E-state index in [-0.39, 0.29) is 22.7 Å². The van der Waals surface area contributed by atoms with Gasteiger partial charge < -0.3 is 9.47 Å². The van der Waals surface area contributed by atoms with Crippen molar-refractivity contribution in [3.63, 3.8) is 0 Å². The largest absolute Gasteiger partial charge is 0.421 e. The summed E-state index contributed by atoms with van der Waals surface area (Å²) in [6, 6.07) is 9.49. The van der Waals surface area contributed by atoms with Gasteiger partial charge in [0, 0.05) is 41.7 Å². The van der Waals surface area contributed by atoms with E-state index in [4.69, 9.17) is 9.47 Å². The summed E-state index contributed by atoms with van der Waals surface area (Å²) < 4.78 is 10.0. The average Bonchev–Trinajstić information content (AvgIpc) is 2.57. The molecule has 0 saturated carbocycles. The van der Waals surface area contributed by atoms with Crippen LogP contribution in [-0.2, 0) is 19.1 Å². The van der Waals surface area contributed by atoms with E-state index in [1.165, 1.54) is 32.0 Å². The lowest BCUT2D eigenvalue weighted by atomic mass is 9.82. The Bertz CT molecular complexity index is 941. The maximum Gasteiger partial charge on any atom is 0.305 e. The van der Waals surface area contributed by atoms with Gasteiger partial charge in [-0.05, 0) is 25.1 Å². The van der Waals surface area contributed by atoms with Crippen molar-refractivity contribution in [1.29, 1.82) is 0 Å². The summed E-state index contributed by atoms with van der Waals surface area (Å²) >= 11 is 0. The summed E-state index contributed by atoms with van der Waals surface area (Å²) in [5, 5.41) is 0. The average molecular weight is 352 g/mol. The van der Waals surface area contributed by atoms with E-state index in [2.05, 4.69) is 0 Å². The minimum Gasteiger partial charge on any atom is -0.421 e. The van der Waals surface area contributed by atoms with Gasteiger partial charge in [-0.2, -0.15) is 0 Å². The van der Waals surface area contributed by atoms with Gasteiger partial charge in [0.1, 0.15) is 0 Å². The van der Waals surface area contributed by atoms with Crippen molar-refractivity contribution in [2.24, 2.45) is 0 Å². The second kappa shape index (κ2) is 6.55. The van der Waals surface area contributed by atoms with Gasteiger partial charge in [0.2, 0.25) is 0 Å². The fraction of sp³-hybridized carbons (Fsp3) is 0.200. The quantitative estimate of drug-likeness (QED) is 0.532. The van der Waals surface area contributed by atoms with Crippen LogP contribution in [0.3, 0.4) is 0 Å². The first-order valence-electron chi connectivity index (χ1n) is 7.96. The molecule has 1 aliphatic carbocycles. The molecule has 6 heteroatoms. The number of hydrogen-bond donors (Lipinski definition) is 0. The molecule has 0 atom stereocenters. The highest BCUT2D eigenvalue weighted by Gasteiger charge is 2.31. The summed E-state index contributed by atoms with van der Waals surface area (Å²) in [6.07, 6.45) is -1.28. The van der Waals surface area contributed by atoms with Crippen LogP contribution < -0.4 is 0 Å². The number of benzene rings is 2. The molecule has 6 nitrogen and oxygen atoms in total. The van der Waals surface area contributed by atoms with Gasteiger partial charge in [0.05, 0.1) is 0 Å². The van der Waals surface area contributed by atoms with Gasteiger partial charge in [-0.25, -0.2) is 0 Å².